The quantitative estimate of drug-likeness (QED) is 0.393. The topological polar surface area (TPSA) is 9.23 Å². The third kappa shape index (κ3) is 3.31. The largest absolute Gasteiger partial charge is 0.392 e. The molecule has 0 saturated carbocycles. The Bertz CT molecular complexity index is 173. The summed E-state index contributed by atoms with van der Waals surface area (Å²) in [5.74, 6) is -2.46. The van der Waals surface area contributed by atoms with Crippen molar-refractivity contribution in [2.24, 2.45) is 0 Å². The first-order valence-electron chi connectivity index (χ1n) is 3.92. The Kier molecular flexibility index (Phi) is 5.23. The molecule has 0 aromatic heterocycles. The molecule has 3 unspecified atom stereocenters. The van der Waals surface area contributed by atoms with Gasteiger partial charge in [0.05, 0.1) is 13.3 Å². The van der Waals surface area contributed by atoms with Gasteiger partial charge in [-0.2, -0.15) is 8.78 Å². The predicted molar refractivity (Wildman–Crippen MR) is 45.6 cm³/mol. The molecule has 0 heterocycles. The van der Waals surface area contributed by atoms with Crippen LogP contribution in [-0.2, 0) is 4.74 Å². The van der Waals surface area contributed by atoms with Crippen molar-refractivity contribution in [2.75, 3.05) is 13.3 Å². The van der Waals surface area contributed by atoms with Gasteiger partial charge < -0.3 is 4.74 Å². The van der Waals surface area contributed by atoms with Crippen molar-refractivity contribution in [3.63, 3.8) is 0 Å². The third-order valence-corrected chi connectivity index (χ3v) is 2.27. The van der Waals surface area contributed by atoms with Crippen LogP contribution >= 0.6 is 9.24 Å². The molecule has 0 aromatic rings. The molecule has 7 heteroatoms. The van der Waals surface area contributed by atoms with Gasteiger partial charge in [0.15, 0.2) is 5.91 Å². The molecule has 0 saturated heterocycles. The molecule has 0 aliphatic rings. The van der Waals surface area contributed by atoms with E-state index in [1.165, 1.54) is 9.24 Å². The Morgan fingerprint density at radius 3 is 2.21 bits per heavy atom. The van der Waals surface area contributed by atoms with Crippen LogP contribution in [0.4, 0.5) is 22.0 Å². The summed E-state index contributed by atoms with van der Waals surface area (Å²) in [6.45, 7) is -1.11. The number of rotatable bonds is 6. The Morgan fingerprint density at radius 1 is 1.36 bits per heavy atom. The van der Waals surface area contributed by atoms with Gasteiger partial charge in [-0.15, -0.1) is 0 Å². The zero-order valence-corrected chi connectivity index (χ0v) is 8.73. The molecule has 14 heavy (non-hydrogen) atoms. The molecular weight excluding hydrogens is 226 g/mol. The lowest BCUT2D eigenvalue weighted by atomic mass is 10.1. The standard InChI is InChI=1S/C7H12F5OP/c1-6(10,5(9)14)7(11,12)13-4-2-3-8/h5H,2-4,14H2,1H3. The smallest absolute Gasteiger partial charge is 0.318 e. The zero-order chi connectivity index (χ0) is 11.4. The average molecular weight is 238 g/mol. The Labute approximate surface area is 81.2 Å². The summed E-state index contributed by atoms with van der Waals surface area (Å²) in [4.78, 5) is 0. The average Bonchev–Trinajstić information content (AvgIpc) is 2.04. The summed E-state index contributed by atoms with van der Waals surface area (Å²) in [5.41, 5.74) is -3.44. The van der Waals surface area contributed by atoms with E-state index in [4.69, 9.17) is 0 Å². The van der Waals surface area contributed by atoms with E-state index in [2.05, 4.69) is 4.74 Å². The molecule has 0 spiro atoms. The van der Waals surface area contributed by atoms with Crippen LogP contribution in [0.1, 0.15) is 13.3 Å². The summed E-state index contributed by atoms with van der Waals surface area (Å²) in [6.07, 6.45) is -4.54. The minimum Gasteiger partial charge on any atom is -0.318 e. The third-order valence-electron chi connectivity index (χ3n) is 1.65. The second kappa shape index (κ2) is 5.21. The number of ether oxygens (including phenoxy) is 1. The van der Waals surface area contributed by atoms with E-state index in [1.807, 2.05) is 0 Å². The minimum absolute atomic E-state index is 0.278. The van der Waals surface area contributed by atoms with Crippen LogP contribution in [0.3, 0.4) is 0 Å². The van der Waals surface area contributed by atoms with Gasteiger partial charge in [-0.1, -0.05) is 9.24 Å². The van der Waals surface area contributed by atoms with Crippen molar-refractivity contribution in [3.8, 4) is 0 Å². The van der Waals surface area contributed by atoms with Crippen molar-refractivity contribution in [1.29, 1.82) is 0 Å². The van der Waals surface area contributed by atoms with Crippen LogP contribution in [0.2, 0.25) is 0 Å². The van der Waals surface area contributed by atoms with E-state index < -0.39 is 31.0 Å². The molecule has 0 N–H and O–H groups in total. The van der Waals surface area contributed by atoms with Crippen LogP contribution in [0.25, 0.3) is 0 Å². The Hall–Kier alpha value is 0.0400. The van der Waals surface area contributed by atoms with Crippen LogP contribution in [0.15, 0.2) is 0 Å². The number of alkyl halides is 5. The second-order valence-electron chi connectivity index (χ2n) is 2.89. The summed E-state index contributed by atoms with van der Waals surface area (Å²) < 4.78 is 66.4. The van der Waals surface area contributed by atoms with E-state index in [9.17, 15) is 22.0 Å². The highest BCUT2D eigenvalue weighted by Gasteiger charge is 2.57. The van der Waals surface area contributed by atoms with Gasteiger partial charge in [-0.3, -0.25) is 4.39 Å². The lowest BCUT2D eigenvalue weighted by molar-refractivity contribution is -0.311. The molecule has 1 nitrogen and oxygen atoms in total. The van der Waals surface area contributed by atoms with Gasteiger partial charge >= 0.3 is 6.11 Å². The van der Waals surface area contributed by atoms with Gasteiger partial charge in [0, 0.05) is 0 Å². The van der Waals surface area contributed by atoms with E-state index in [0.717, 1.165) is 0 Å². The van der Waals surface area contributed by atoms with Gasteiger partial charge in [0.2, 0.25) is 5.67 Å². The fourth-order valence-electron chi connectivity index (χ4n) is 0.557. The maximum absolute atomic E-state index is 13.1. The first-order valence-corrected chi connectivity index (χ1v) is 4.58. The van der Waals surface area contributed by atoms with Crippen molar-refractivity contribution in [2.45, 2.75) is 31.0 Å². The molecule has 0 rings (SSSR count). The lowest BCUT2D eigenvalue weighted by Crippen LogP contribution is -2.48. The van der Waals surface area contributed by atoms with E-state index in [0.29, 0.717) is 6.92 Å². The molecule has 0 bridgehead atoms. The lowest BCUT2D eigenvalue weighted by Gasteiger charge is -2.30. The molecule has 0 aliphatic carbocycles. The maximum atomic E-state index is 13.1. The summed E-state index contributed by atoms with van der Waals surface area (Å²) in [5, 5.41) is 0. The van der Waals surface area contributed by atoms with Crippen molar-refractivity contribution < 1.29 is 26.7 Å². The molecule has 3 atom stereocenters. The Balaban J connectivity index is 4.29. The SMILES string of the molecule is CC(F)(C(F)P)C(F)(F)OCCCF. The summed E-state index contributed by atoms with van der Waals surface area (Å²) in [7, 11) is 1.29. The van der Waals surface area contributed by atoms with Gasteiger partial charge in [0.1, 0.15) is 0 Å². The maximum Gasteiger partial charge on any atom is 0.392 e. The summed E-state index contributed by atoms with van der Waals surface area (Å²) in [6, 6.07) is 0. The molecule has 0 amide bonds. The molecule has 0 fully saturated rings. The number of hydrogen-bond acceptors (Lipinski definition) is 1. The molecule has 0 radical (unpaired) electrons. The van der Waals surface area contributed by atoms with Gasteiger partial charge in [0.25, 0.3) is 0 Å². The van der Waals surface area contributed by atoms with Crippen molar-refractivity contribution in [1.82, 2.24) is 0 Å². The molecular formula is C7H12F5OP. The van der Waals surface area contributed by atoms with E-state index in [-0.39, 0.29) is 6.42 Å². The number of hydrogen-bond donors (Lipinski definition) is 0. The fraction of sp³-hybridized carbons (Fsp3) is 1.00. The highest BCUT2D eigenvalue weighted by molar-refractivity contribution is 7.17. The van der Waals surface area contributed by atoms with Crippen LogP contribution < -0.4 is 0 Å². The predicted octanol–water partition coefficient (Wildman–Crippen LogP) is 2.85. The molecule has 0 aromatic carbocycles. The van der Waals surface area contributed by atoms with E-state index in [1.54, 1.807) is 0 Å². The highest BCUT2D eigenvalue weighted by Crippen LogP contribution is 2.39. The van der Waals surface area contributed by atoms with Gasteiger partial charge in [-0.05, 0) is 13.3 Å². The Morgan fingerprint density at radius 2 is 1.86 bits per heavy atom. The summed E-state index contributed by atoms with van der Waals surface area (Å²) >= 11 is 0. The molecule has 0 aliphatic heterocycles. The second-order valence-corrected chi connectivity index (χ2v) is 3.47. The normalized spacial score (nSPS) is 19.1. The van der Waals surface area contributed by atoms with Crippen molar-refractivity contribution >= 4 is 9.24 Å². The van der Waals surface area contributed by atoms with Gasteiger partial charge in [-0.25, -0.2) is 8.78 Å². The highest BCUT2D eigenvalue weighted by atomic mass is 31.0. The monoisotopic (exact) mass is 238 g/mol. The number of halogens is 5. The van der Waals surface area contributed by atoms with Crippen LogP contribution in [-0.4, -0.2) is 31.0 Å². The van der Waals surface area contributed by atoms with Crippen molar-refractivity contribution in [3.05, 3.63) is 0 Å². The fourth-order valence-corrected chi connectivity index (χ4v) is 0.751. The first-order chi connectivity index (χ1) is 6.25. The van der Waals surface area contributed by atoms with E-state index >= 15 is 0 Å². The first kappa shape index (κ1) is 14.0. The van der Waals surface area contributed by atoms with Crippen LogP contribution in [0, 0.1) is 0 Å². The molecule has 86 valence electrons. The minimum atomic E-state index is -4.26. The van der Waals surface area contributed by atoms with Crippen LogP contribution in [0.5, 0.6) is 0 Å². The zero-order valence-electron chi connectivity index (χ0n) is 7.57.